The average molecular weight is 212 g/mol. The van der Waals surface area contributed by atoms with Crippen LogP contribution in [0.1, 0.15) is 20.3 Å². The Hall–Kier alpha value is -0.620. The second-order valence-corrected chi connectivity index (χ2v) is 3.93. The van der Waals surface area contributed by atoms with E-state index in [2.05, 4.69) is 6.58 Å². The van der Waals surface area contributed by atoms with Crippen molar-refractivity contribution in [2.75, 3.05) is 0 Å². The molecule has 6 heteroatoms. The molecule has 0 N–H and O–H groups in total. The summed E-state index contributed by atoms with van der Waals surface area (Å²) in [7, 11) is -4.66. The van der Waals surface area contributed by atoms with Gasteiger partial charge >= 0.3 is 10.2 Å². The quantitative estimate of drug-likeness (QED) is 0.381. The van der Waals surface area contributed by atoms with E-state index in [0.29, 0.717) is 6.42 Å². The van der Waals surface area contributed by atoms with E-state index >= 15 is 0 Å². The highest BCUT2D eigenvalue weighted by Gasteiger charge is 2.23. The smallest absolute Gasteiger partial charge is 0.329 e. The standard InChI is InChI=1S/C7H13FO4S/c1-4-7(11-5-2)12-6(3)13(8,9)10/h5-7H,2,4H2,1,3H3. The molecule has 0 saturated heterocycles. The molecule has 13 heavy (non-hydrogen) atoms. The zero-order chi connectivity index (χ0) is 10.5. The molecule has 0 heterocycles. The molecule has 0 amide bonds. The van der Waals surface area contributed by atoms with E-state index in [-0.39, 0.29) is 0 Å². The van der Waals surface area contributed by atoms with Gasteiger partial charge in [-0.05, 0) is 6.92 Å². The normalized spacial score (nSPS) is 16.2. The summed E-state index contributed by atoms with van der Waals surface area (Å²) in [4.78, 5) is 0. The van der Waals surface area contributed by atoms with Crippen molar-refractivity contribution in [2.45, 2.75) is 32.0 Å². The van der Waals surface area contributed by atoms with Crippen molar-refractivity contribution in [3.63, 3.8) is 0 Å². The number of rotatable bonds is 6. The van der Waals surface area contributed by atoms with Crippen LogP contribution in [0.5, 0.6) is 0 Å². The molecule has 0 bridgehead atoms. The van der Waals surface area contributed by atoms with Crippen LogP contribution in [0.2, 0.25) is 0 Å². The first-order valence-corrected chi connectivity index (χ1v) is 5.21. The summed E-state index contributed by atoms with van der Waals surface area (Å²) in [6.07, 6.45) is 0.746. The average Bonchev–Trinajstić information content (AvgIpc) is 2.01. The van der Waals surface area contributed by atoms with Crippen LogP contribution in [0.4, 0.5) is 3.89 Å². The Balaban J connectivity index is 4.16. The van der Waals surface area contributed by atoms with E-state index in [1.54, 1.807) is 6.92 Å². The summed E-state index contributed by atoms with van der Waals surface area (Å²) < 4.78 is 42.4. The molecule has 0 aliphatic heterocycles. The highest BCUT2D eigenvalue weighted by molar-refractivity contribution is 7.86. The van der Waals surface area contributed by atoms with Gasteiger partial charge in [0.1, 0.15) is 0 Å². The third-order valence-corrected chi connectivity index (χ3v) is 2.23. The number of hydrogen-bond acceptors (Lipinski definition) is 4. The molecule has 0 fully saturated rings. The maximum Gasteiger partial charge on any atom is 0.329 e. The topological polar surface area (TPSA) is 52.6 Å². The highest BCUT2D eigenvalue weighted by Crippen LogP contribution is 2.11. The summed E-state index contributed by atoms with van der Waals surface area (Å²) in [5.41, 5.74) is -1.52. The van der Waals surface area contributed by atoms with Gasteiger partial charge in [-0.15, -0.1) is 3.89 Å². The van der Waals surface area contributed by atoms with Gasteiger partial charge < -0.3 is 9.47 Å². The maximum absolute atomic E-state index is 12.3. The van der Waals surface area contributed by atoms with Crippen LogP contribution in [-0.4, -0.2) is 20.1 Å². The zero-order valence-corrected chi connectivity index (χ0v) is 8.38. The molecule has 2 unspecified atom stereocenters. The fourth-order valence-electron chi connectivity index (χ4n) is 0.612. The van der Waals surface area contributed by atoms with E-state index in [4.69, 9.17) is 9.47 Å². The molecule has 0 spiro atoms. The second-order valence-electron chi connectivity index (χ2n) is 2.32. The molecule has 78 valence electrons. The van der Waals surface area contributed by atoms with Gasteiger partial charge in [0.2, 0.25) is 0 Å². The third kappa shape index (κ3) is 4.84. The first-order valence-electron chi connectivity index (χ1n) is 3.77. The van der Waals surface area contributed by atoms with E-state index in [1.165, 1.54) is 0 Å². The van der Waals surface area contributed by atoms with Crippen LogP contribution in [-0.2, 0) is 19.7 Å². The molecule has 0 aromatic carbocycles. The molecule has 0 aromatic heterocycles. The fourth-order valence-corrected chi connectivity index (χ4v) is 0.869. The predicted octanol–water partition coefficient (Wildman–Crippen LogP) is 1.54. The molecule has 4 nitrogen and oxygen atoms in total. The van der Waals surface area contributed by atoms with Gasteiger partial charge in [-0.25, -0.2) is 0 Å². The van der Waals surface area contributed by atoms with Crippen molar-refractivity contribution in [1.29, 1.82) is 0 Å². The lowest BCUT2D eigenvalue weighted by atomic mass is 10.5. The molecule has 2 atom stereocenters. The Bertz CT molecular complexity index is 249. The van der Waals surface area contributed by atoms with Crippen molar-refractivity contribution in [1.82, 2.24) is 0 Å². The van der Waals surface area contributed by atoms with Crippen molar-refractivity contribution in [2.24, 2.45) is 0 Å². The largest absolute Gasteiger partial charge is 0.473 e. The SMILES string of the molecule is C=COC(CC)OC(C)S(=O)(=O)F. The Labute approximate surface area is 77.6 Å². The van der Waals surface area contributed by atoms with Gasteiger partial charge in [0.25, 0.3) is 0 Å². The van der Waals surface area contributed by atoms with E-state index < -0.39 is 21.9 Å². The number of hydrogen-bond donors (Lipinski definition) is 0. The summed E-state index contributed by atoms with van der Waals surface area (Å²) >= 11 is 0. The van der Waals surface area contributed by atoms with E-state index in [0.717, 1.165) is 13.2 Å². The highest BCUT2D eigenvalue weighted by atomic mass is 32.3. The molecular formula is C7H13FO4S. The number of ether oxygens (including phenoxy) is 2. The minimum Gasteiger partial charge on any atom is -0.473 e. The van der Waals surface area contributed by atoms with E-state index in [1.807, 2.05) is 0 Å². The fraction of sp³-hybridized carbons (Fsp3) is 0.714. The third-order valence-electron chi connectivity index (χ3n) is 1.32. The second kappa shape index (κ2) is 5.18. The minimum absolute atomic E-state index is 0.409. The van der Waals surface area contributed by atoms with Gasteiger partial charge in [-0.2, -0.15) is 8.42 Å². The van der Waals surface area contributed by atoms with Crippen molar-refractivity contribution >= 4 is 10.2 Å². The Morgan fingerprint density at radius 2 is 2.15 bits per heavy atom. The van der Waals surface area contributed by atoms with Crippen LogP contribution in [0.25, 0.3) is 0 Å². The summed E-state index contributed by atoms with van der Waals surface area (Å²) in [6, 6.07) is 0. The van der Waals surface area contributed by atoms with Gasteiger partial charge in [0.05, 0.1) is 6.26 Å². The summed E-state index contributed by atoms with van der Waals surface area (Å²) in [5.74, 6) is 0. The van der Waals surface area contributed by atoms with Crippen molar-refractivity contribution in [3.8, 4) is 0 Å². The molecule has 0 saturated carbocycles. The molecule has 0 aliphatic carbocycles. The molecular weight excluding hydrogens is 199 g/mol. The van der Waals surface area contributed by atoms with Crippen LogP contribution in [0.15, 0.2) is 12.8 Å². The molecule has 0 aromatic rings. The van der Waals surface area contributed by atoms with E-state index in [9.17, 15) is 12.3 Å². The molecule has 0 radical (unpaired) electrons. The first kappa shape index (κ1) is 12.4. The van der Waals surface area contributed by atoms with Crippen LogP contribution >= 0.6 is 0 Å². The summed E-state index contributed by atoms with van der Waals surface area (Å²) in [5, 5.41) is 0. The minimum atomic E-state index is -4.66. The predicted molar refractivity (Wildman–Crippen MR) is 45.9 cm³/mol. The lowest BCUT2D eigenvalue weighted by molar-refractivity contribution is -0.116. The van der Waals surface area contributed by atoms with Gasteiger partial charge in [0.15, 0.2) is 11.7 Å². The van der Waals surface area contributed by atoms with Gasteiger partial charge in [-0.1, -0.05) is 13.5 Å². The van der Waals surface area contributed by atoms with Crippen molar-refractivity contribution < 1.29 is 21.8 Å². The lowest BCUT2D eigenvalue weighted by Crippen LogP contribution is -2.25. The first-order chi connectivity index (χ1) is 5.91. The van der Waals surface area contributed by atoms with Crippen LogP contribution < -0.4 is 0 Å². The lowest BCUT2D eigenvalue weighted by Gasteiger charge is -2.17. The maximum atomic E-state index is 12.3. The molecule has 0 rings (SSSR count). The summed E-state index contributed by atoms with van der Waals surface area (Å²) in [6.45, 7) is 6.09. The zero-order valence-electron chi connectivity index (χ0n) is 7.57. The van der Waals surface area contributed by atoms with Gasteiger partial charge in [0, 0.05) is 6.42 Å². The van der Waals surface area contributed by atoms with Crippen molar-refractivity contribution in [3.05, 3.63) is 12.8 Å². The monoisotopic (exact) mass is 212 g/mol. The Morgan fingerprint density at radius 3 is 2.46 bits per heavy atom. The Kier molecular flexibility index (Phi) is 4.94. The van der Waals surface area contributed by atoms with Gasteiger partial charge in [-0.3, -0.25) is 0 Å². The molecule has 0 aliphatic rings. The van der Waals surface area contributed by atoms with Crippen LogP contribution in [0, 0.1) is 0 Å². The Morgan fingerprint density at radius 1 is 1.62 bits per heavy atom. The van der Waals surface area contributed by atoms with Crippen LogP contribution in [0.3, 0.4) is 0 Å². The number of halogens is 1.